The summed E-state index contributed by atoms with van der Waals surface area (Å²) < 4.78 is 5.34. The topological polar surface area (TPSA) is 45.5 Å². The lowest BCUT2D eigenvalue weighted by atomic mass is 10.1. The molecule has 1 N–H and O–H groups in total. The quantitative estimate of drug-likeness (QED) is 0.815. The van der Waals surface area contributed by atoms with E-state index in [4.69, 9.17) is 4.42 Å². The van der Waals surface area contributed by atoms with Crippen molar-refractivity contribution in [2.45, 2.75) is 18.9 Å². The first-order valence-electron chi connectivity index (χ1n) is 5.81. The Morgan fingerprint density at radius 2 is 2.31 bits per heavy atom. The van der Waals surface area contributed by atoms with E-state index in [1.54, 1.807) is 11.2 Å². The van der Waals surface area contributed by atoms with Gasteiger partial charge in [-0.2, -0.15) is 0 Å². The van der Waals surface area contributed by atoms with Crippen molar-refractivity contribution in [1.29, 1.82) is 0 Å². The summed E-state index contributed by atoms with van der Waals surface area (Å²) in [6, 6.07) is 3.63. The summed E-state index contributed by atoms with van der Waals surface area (Å²) in [6.07, 6.45) is 3.84. The van der Waals surface area contributed by atoms with Crippen molar-refractivity contribution in [2.24, 2.45) is 11.8 Å². The minimum Gasteiger partial charge on any atom is -0.448 e. The highest BCUT2D eigenvalue weighted by Gasteiger charge is 2.46. The predicted octanol–water partition coefficient (Wildman–Crippen LogP) is 1.24. The molecule has 1 aliphatic carbocycles. The van der Waals surface area contributed by atoms with Crippen LogP contribution in [0.4, 0.5) is 5.88 Å². The van der Waals surface area contributed by atoms with E-state index in [2.05, 4.69) is 5.32 Å². The van der Waals surface area contributed by atoms with E-state index in [1.807, 2.05) is 19.2 Å². The summed E-state index contributed by atoms with van der Waals surface area (Å²) in [5, 5.41) is 3.11. The lowest BCUT2D eigenvalue weighted by Crippen LogP contribution is -2.44. The second-order valence-corrected chi connectivity index (χ2v) is 4.73. The first-order chi connectivity index (χ1) is 7.79. The molecular weight excluding hydrogens is 204 g/mol. The van der Waals surface area contributed by atoms with Crippen LogP contribution in [0.2, 0.25) is 0 Å². The Balaban J connectivity index is 1.88. The Labute approximate surface area is 94.6 Å². The number of hydrogen-bond acceptors (Lipinski definition) is 3. The van der Waals surface area contributed by atoms with E-state index < -0.39 is 0 Å². The molecule has 3 unspecified atom stereocenters. The van der Waals surface area contributed by atoms with Crippen molar-refractivity contribution in [3.63, 3.8) is 0 Å². The van der Waals surface area contributed by atoms with Crippen molar-refractivity contribution in [3.05, 3.63) is 18.4 Å². The fourth-order valence-corrected chi connectivity index (χ4v) is 2.60. The van der Waals surface area contributed by atoms with Gasteiger partial charge in [0, 0.05) is 12.6 Å². The maximum absolute atomic E-state index is 12.2. The van der Waals surface area contributed by atoms with E-state index in [1.165, 1.54) is 6.42 Å². The van der Waals surface area contributed by atoms with Crippen molar-refractivity contribution < 1.29 is 9.21 Å². The zero-order chi connectivity index (χ0) is 11.1. The SMILES string of the molecule is CNC1CC2CC2CN(c2ccco2)C1=O. The molecule has 1 saturated heterocycles. The molecule has 1 aromatic heterocycles. The molecule has 1 saturated carbocycles. The second-order valence-electron chi connectivity index (χ2n) is 4.73. The summed E-state index contributed by atoms with van der Waals surface area (Å²) in [7, 11) is 1.85. The Kier molecular flexibility index (Phi) is 2.24. The number of nitrogens with one attached hydrogen (secondary N) is 1. The van der Waals surface area contributed by atoms with Crippen LogP contribution < -0.4 is 10.2 Å². The average Bonchev–Trinajstić information content (AvgIpc) is 2.81. The van der Waals surface area contributed by atoms with Crippen LogP contribution in [0.25, 0.3) is 0 Å². The maximum Gasteiger partial charge on any atom is 0.246 e. The average molecular weight is 220 g/mol. The normalized spacial score (nSPS) is 33.4. The molecule has 86 valence electrons. The maximum atomic E-state index is 12.2. The van der Waals surface area contributed by atoms with Gasteiger partial charge in [0.2, 0.25) is 11.8 Å². The molecule has 16 heavy (non-hydrogen) atoms. The number of hydrogen-bond donors (Lipinski definition) is 1. The summed E-state index contributed by atoms with van der Waals surface area (Å²) in [5.74, 6) is 2.22. The first kappa shape index (κ1) is 9.90. The van der Waals surface area contributed by atoms with Gasteiger partial charge in [-0.05, 0) is 37.8 Å². The van der Waals surface area contributed by atoms with Crippen LogP contribution in [0.15, 0.2) is 22.8 Å². The third-order valence-corrected chi connectivity index (χ3v) is 3.71. The van der Waals surface area contributed by atoms with Gasteiger partial charge in [-0.25, -0.2) is 0 Å². The van der Waals surface area contributed by atoms with Crippen molar-refractivity contribution >= 4 is 11.8 Å². The van der Waals surface area contributed by atoms with E-state index in [-0.39, 0.29) is 11.9 Å². The number of furan rings is 1. The van der Waals surface area contributed by atoms with Crippen molar-refractivity contribution in [2.75, 3.05) is 18.5 Å². The van der Waals surface area contributed by atoms with Gasteiger partial charge < -0.3 is 9.73 Å². The zero-order valence-electron chi connectivity index (χ0n) is 9.35. The lowest BCUT2D eigenvalue weighted by molar-refractivity contribution is -0.120. The van der Waals surface area contributed by atoms with Crippen LogP contribution in [-0.2, 0) is 4.79 Å². The van der Waals surface area contributed by atoms with Gasteiger partial charge in [0.25, 0.3) is 0 Å². The van der Waals surface area contributed by atoms with Gasteiger partial charge in [-0.15, -0.1) is 0 Å². The molecule has 1 aliphatic heterocycles. The molecule has 0 aromatic carbocycles. The fraction of sp³-hybridized carbons (Fsp3) is 0.583. The Hall–Kier alpha value is -1.29. The molecule has 3 rings (SSSR count). The molecule has 2 fully saturated rings. The third kappa shape index (κ3) is 1.53. The minimum absolute atomic E-state index is 0.0531. The number of nitrogens with zero attached hydrogens (tertiary/aromatic N) is 1. The van der Waals surface area contributed by atoms with Gasteiger partial charge in [0.1, 0.15) is 0 Å². The Morgan fingerprint density at radius 1 is 1.44 bits per heavy atom. The summed E-state index contributed by atoms with van der Waals surface area (Å²) in [5.41, 5.74) is 0. The zero-order valence-corrected chi connectivity index (χ0v) is 9.35. The van der Waals surface area contributed by atoms with Crippen LogP contribution in [0, 0.1) is 11.8 Å². The van der Waals surface area contributed by atoms with Crippen molar-refractivity contribution in [3.8, 4) is 0 Å². The summed E-state index contributed by atoms with van der Waals surface area (Å²) in [6.45, 7) is 0.815. The molecule has 0 bridgehead atoms. The minimum atomic E-state index is -0.0531. The van der Waals surface area contributed by atoms with Gasteiger partial charge in [0.05, 0.1) is 12.3 Å². The number of likely N-dealkylation sites (N-methyl/N-ethyl adjacent to an activating group) is 1. The van der Waals surface area contributed by atoms with E-state index >= 15 is 0 Å². The molecule has 2 aliphatic rings. The van der Waals surface area contributed by atoms with Gasteiger partial charge >= 0.3 is 0 Å². The van der Waals surface area contributed by atoms with Crippen LogP contribution in [0.1, 0.15) is 12.8 Å². The standard InChI is InChI=1S/C12H16N2O2/c1-13-10-6-8-5-9(8)7-14(12(10)15)11-3-2-4-16-11/h2-4,8-10,13H,5-7H2,1H3. The predicted molar refractivity (Wildman–Crippen MR) is 60.1 cm³/mol. The van der Waals surface area contributed by atoms with E-state index in [0.717, 1.165) is 18.9 Å². The second kappa shape index (κ2) is 3.63. The van der Waals surface area contributed by atoms with Gasteiger partial charge in [-0.1, -0.05) is 0 Å². The molecule has 3 atom stereocenters. The smallest absolute Gasteiger partial charge is 0.246 e. The van der Waals surface area contributed by atoms with Crippen LogP contribution in [0.3, 0.4) is 0 Å². The Bertz CT molecular complexity index is 388. The molecule has 0 spiro atoms. The van der Waals surface area contributed by atoms with Gasteiger partial charge in [-0.3, -0.25) is 9.69 Å². The molecular formula is C12H16N2O2. The molecule has 4 nitrogen and oxygen atoms in total. The number of rotatable bonds is 2. The largest absolute Gasteiger partial charge is 0.448 e. The number of anilines is 1. The van der Waals surface area contributed by atoms with Crippen LogP contribution >= 0.6 is 0 Å². The van der Waals surface area contributed by atoms with Gasteiger partial charge in [0.15, 0.2) is 0 Å². The van der Waals surface area contributed by atoms with E-state index in [0.29, 0.717) is 11.8 Å². The third-order valence-electron chi connectivity index (χ3n) is 3.71. The summed E-state index contributed by atoms with van der Waals surface area (Å²) in [4.78, 5) is 14.0. The van der Waals surface area contributed by atoms with Crippen molar-refractivity contribution in [1.82, 2.24) is 5.32 Å². The molecule has 4 heteroatoms. The lowest BCUT2D eigenvalue weighted by Gasteiger charge is -2.22. The van der Waals surface area contributed by atoms with Crippen LogP contribution in [-0.4, -0.2) is 25.5 Å². The summed E-state index contributed by atoms with van der Waals surface area (Å²) >= 11 is 0. The number of fused-ring (bicyclic) bond motifs is 1. The fourth-order valence-electron chi connectivity index (χ4n) is 2.60. The van der Waals surface area contributed by atoms with E-state index in [9.17, 15) is 4.79 Å². The highest BCUT2D eigenvalue weighted by atomic mass is 16.3. The number of carbonyl (C=O) groups excluding carboxylic acids is 1. The monoisotopic (exact) mass is 220 g/mol. The highest BCUT2D eigenvalue weighted by Crippen LogP contribution is 2.45. The molecule has 0 radical (unpaired) electrons. The molecule has 1 amide bonds. The molecule has 2 heterocycles. The number of amides is 1. The molecule has 1 aromatic rings. The number of carbonyl (C=O) groups is 1. The Morgan fingerprint density at radius 3 is 3.00 bits per heavy atom. The van der Waals surface area contributed by atoms with Crippen LogP contribution in [0.5, 0.6) is 0 Å². The first-order valence-corrected chi connectivity index (χ1v) is 5.81. The highest BCUT2D eigenvalue weighted by molar-refractivity contribution is 5.96.